The van der Waals surface area contributed by atoms with Crippen molar-refractivity contribution in [1.82, 2.24) is 9.62 Å². The maximum atomic E-state index is 13.2. The van der Waals surface area contributed by atoms with Crippen molar-refractivity contribution < 1.29 is 32.2 Å². The van der Waals surface area contributed by atoms with E-state index in [2.05, 4.69) is 4.72 Å². The van der Waals surface area contributed by atoms with Gasteiger partial charge in [-0.25, -0.2) is 13.1 Å². The molecular weight excluding hydrogens is 436 g/mol. The van der Waals surface area contributed by atoms with E-state index in [1.54, 1.807) is 0 Å². The molecular formula is C22H38N2O7S. The number of hydrogen-bond acceptors (Lipinski definition) is 8. The van der Waals surface area contributed by atoms with Gasteiger partial charge in [0.1, 0.15) is 6.10 Å². The minimum absolute atomic E-state index is 0.0705. The van der Waals surface area contributed by atoms with Crippen LogP contribution in [0.2, 0.25) is 0 Å². The summed E-state index contributed by atoms with van der Waals surface area (Å²) in [5.74, 6) is -2.64. The molecule has 184 valence electrons. The van der Waals surface area contributed by atoms with Gasteiger partial charge >= 0.3 is 11.9 Å². The predicted molar refractivity (Wildman–Crippen MR) is 118 cm³/mol. The first-order valence-corrected chi connectivity index (χ1v) is 13.1. The van der Waals surface area contributed by atoms with Crippen LogP contribution in [0.15, 0.2) is 0 Å². The number of nitrogens with one attached hydrogen (secondary N) is 1. The highest BCUT2D eigenvalue weighted by molar-refractivity contribution is 7.90. The number of esters is 2. The standard InChI is InChI=1S/C22H38N2O7S/c1-11(2)22(29-7)31-21(26)18-15-8-14(16-9-23-32(27,28)20(15)16)19(18)30-17(25)10-24(12(3)4)13(5)6/h11-16,18-20,22-23H,8-10H2,1-7H3. The van der Waals surface area contributed by atoms with E-state index in [1.807, 2.05) is 46.4 Å². The Balaban J connectivity index is 1.83. The SMILES string of the molecule is COC(OC(=O)C1C2CC(C3CNS(=O)(=O)C32)C1OC(=O)CN(C(C)C)C(C)C)C(C)C. The number of ether oxygens (including phenoxy) is 3. The first kappa shape index (κ1) is 25.4. The summed E-state index contributed by atoms with van der Waals surface area (Å²) in [6.45, 7) is 12.2. The smallest absolute Gasteiger partial charge is 0.320 e. The van der Waals surface area contributed by atoms with Crippen molar-refractivity contribution >= 4 is 22.0 Å². The molecule has 1 N–H and O–H groups in total. The van der Waals surface area contributed by atoms with Gasteiger partial charge in [-0.05, 0) is 46.0 Å². The van der Waals surface area contributed by atoms with Crippen molar-refractivity contribution in [3.63, 3.8) is 0 Å². The topological polar surface area (TPSA) is 111 Å². The molecule has 2 aliphatic carbocycles. The van der Waals surface area contributed by atoms with Crippen molar-refractivity contribution in [3.05, 3.63) is 0 Å². The van der Waals surface area contributed by atoms with Crippen LogP contribution in [0.3, 0.4) is 0 Å². The van der Waals surface area contributed by atoms with E-state index < -0.39 is 51.4 Å². The van der Waals surface area contributed by atoms with E-state index in [0.29, 0.717) is 13.0 Å². The maximum absolute atomic E-state index is 13.2. The van der Waals surface area contributed by atoms with Crippen LogP contribution in [-0.4, -0.2) is 75.2 Å². The molecule has 2 saturated carbocycles. The van der Waals surface area contributed by atoms with Crippen LogP contribution in [0.25, 0.3) is 0 Å². The molecule has 7 unspecified atom stereocenters. The summed E-state index contributed by atoms with van der Waals surface area (Å²) in [7, 11) is -2.04. The third-order valence-corrected chi connectivity index (χ3v) is 9.23. The lowest BCUT2D eigenvalue weighted by atomic mass is 9.79. The zero-order chi connectivity index (χ0) is 24.0. The van der Waals surface area contributed by atoms with Gasteiger partial charge in [-0.2, -0.15) is 0 Å². The molecule has 0 aromatic heterocycles. The van der Waals surface area contributed by atoms with E-state index in [9.17, 15) is 18.0 Å². The van der Waals surface area contributed by atoms with Crippen LogP contribution in [0.5, 0.6) is 0 Å². The van der Waals surface area contributed by atoms with Crippen molar-refractivity contribution in [2.24, 2.45) is 29.6 Å². The lowest BCUT2D eigenvalue weighted by molar-refractivity contribution is -0.195. The first-order chi connectivity index (χ1) is 14.9. The number of methoxy groups -OCH3 is 1. The fraction of sp³-hybridized carbons (Fsp3) is 0.909. The number of fused-ring (bicyclic) bond motifs is 5. The third-order valence-electron chi connectivity index (χ3n) is 7.24. The molecule has 3 aliphatic rings. The highest BCUT2D eigenvalue weighted by atomic mass is 32.2. The lowest BCUT2D eigenvalue weighted by Gasteiger charge is -2.36. The van der Waals surface area contributed by atoms with E-state index in [-0.39, 0.29) is 36.4 Å². The minimum Gasteiger partial charge on any atom is -0.460 e. The summed E-state index contributed by atoms with van der Waals surface area (Å²) in [6.07, 6.45) is -0.905. The van der Waals surface area contributed by atoms with E-state index in [4.69, 9.17) is 14.2 Å². The molecule has 0 aromatic carbocycles. The zero-order valence-corrected chi connectivity index (χ0v) is 20.9. The number of rotatable bonds is 9. The number of sulfonamides is 1. The number of carbonyl (C=O) groups excluding carboxylic acids is 2. The Hall–Kier alpha value is -1.23. The minimum atomic E-state index is -3.50. The number of hydrogen-bond donors (Lipinski definition) is 1. The van der Waals surface area contributed by atoms with Crippen molar-refractivity contribution in [1.29, 1.82) is 0 Å². The summed E-state index contributed by atoms with van der Waals surface area (Å²) in [6, 6.07) is 0.316. The van der Waals surface area contributed by atoms with E-state index in [0.717, 1.165) is 0 Å². The van der Waals surface area contributed by atoms with Gasteiger partial charge < -0.3 is 14.2 Å². The van der Waals surface area contributed by atoms with Gasteiger partial charge in [0.05, 0.1) is 17.7 Å². The largest absolute Gasteiger partial charge is 0.460 e. The molecule has 2 bridgehead atoms. The fourth-order valence-electron chi connectivity index (χ4n) is 5.88. The Morgan fingerprint density at radius 3 is 2.19 bits per heavy atom. The molecule has 0 radical (unpaired) electrons. The Labute approximate surface area is 191 Å². The highest BCUT2D eigenvalue weighted by Crippen LogP contribution is 2.57. The first-order valence-electron chi connectivity index (χ1n) is 11.6. The van der Waals surface area contributed by atoms with Crippen molar-refractivity contribution in [3.8, 4) is 0 Å². The van der Waals surface area contributed by atoms with E-state index in [1.165, 1.54) is 7.11 Å². The monoisotopic (exact) mass is 474 g/mol. The van der Waals surface area contributed by atoms with Crippen LogP contribution in [0.1, 0.15) is 48.0 Å². The van der Waals surface area contributed by atoms with Gasteiger partial charge in [0.15, 0.2) is 0 Å². The predicted octanol–water partition coefficient (Wildman–Crippen LogP) is 1.37. The number of nitrogens with zero attached hydrogens (tertiary/aromatic N) is 1. The van der Waals surface area contributed by atoms with Gasteiger partial charge in [0, 0.05) is 37.6 Å². The van der Waals surface area contributed by atoms with Gasteiger partial charge in [-0.1, -0.05) is 13.8 Å². The van der Waals surface area contributed by atoms with Gasteiger partial charge in [0.2, 0.25) is 16.3 Å². The molecule has 0 amide bonds. The normalized spacial score (nSPS) is 33.8. The Morgan fingerprint density at radius 1 is 1.03 bits per heavy atom. The average Bonchev–Trinajstić information content (AvgIpc) is 3.33. The van der Waals surface area contributed by atoms with Gasteiger partial charge in [-0.15, -0.1) is 0 Å². The molecule has 32 heavy (non-hydrogen) atoms. The number of carbonyl (C=O) groups is 2. The van der Waals surface area contributed by atoms with Crippen LogP contribution < -0.4 is 4.72 Å². The maximum Gasteiger partial charge on any atom is 0.320 e. The third kappa shape index (κ3) is 4.69. The Morgan fingerprint density at radius 2 is 1.66 bits per heavy atom. The van der Waals surface area contributed by atoms with E-state index >= 15 is 0 Å². The summed E-state index contributed by atoms with van der Waals surface area (Å²) < 4.78 is 44.6. The highest BCUT2D eigenvalue weighted by Gasteiger charge is 2.67. The second kappa shape index (κ2) is 9.56. The quantitative estimate of drug-likeness (QED) is 0.394. The zero-order valence-electron chi connectivity index (χ0n) is 20.1. The second-order valence-electron chi connectivity index (χ2n) is 10.2. The van der Waals surface area contributed by atoms with Gasteiger partial charge in [0.25, 0.3) is 0 Å². The molecule has 10 heteroatoms. The molecule has 9 nitrogen and oxygen atoms in total. The van der Waals surface area contributed by atoms with Crippen LogP contribution in [0.4, 0.5) is 0 Å². The molecule has 1 aliphatic heterocycles. The van der Waals surface area contributed by atoms with Crippen LogP contribution in [-0.2, 0) is 33.8 Å². The summed E-state index contributed by atoms with van der Waals surface area (Å²) >= 11 is 0. The molecule has 7 atom stereocenters. The fourth-order valence-corrected chi connectivity index (χ4v) is 7.99. The Kier molecular flexibility index (Phi) is 7.59. The lowest BCUT2D eigenvalue weighted by Crippen LogP contribution is -2.50. The van der Waals surface area contributed by atoms with Crippen molar-refractivity contribution in [2.45, 2.75) is 77.7 Å². The summed E-state index contributed by atoms with van der Waals surface area (Å²) in [5, 5.41) is -0.650. The Bertz CT molecular complexity index is 805. The molecule has 0 spiro atoms. The molecule has 3 rings (SSSR count). The molecule has 0 aromatic rings. The van der Waals surface area contributed by atoms with Gasteiger partial charge in [-0.3, -0.25) is 14.5 Å². The molecule has 1 heterocycles. The summed E-state index contributed by atoms with van der Waals surface area (Å²) in [4.78, 5) is 28.1. The molecule has 1 saturated heterocycles. The second-order valence-corrected chi connectivity index (χ2v) is 12.1. The van der Waals surface area contributed by atoms with Crippen molar-refractivity contribution in [2.75, 3.05) is 20.2 Å². The summed E-state index contributed by atoms with van der Waals surface area (Å²) in [5.41, 5.74) is 0. The van der Waals surface area contributed by atoms with Crippen LogP contribution >= 0.6 is 0 Å². The molecule has 3 fully saturated rings. The van der Waals surface area contributed by atoms with Crippen LogP contribution in [0, 0.1) is 29.6 Å². The average molecular weight is 475 g/mol.